The molecule has 1 aliphatic rings. The lowest BCUT2D eigenvalue weighted by Crippen LogP contribution is -2.30. The molecule has 1 N–H and O–H groups in total. The zero-order chi connectivity index (χ0) is 14.9. The number of aryl methyl sites for hydroxylation is 2. The van der Waals surface area contributed by atoms with Crippen molar-refractivity contribution in [2.75, 3.05) is 12.9 Å². The first-order valence-electron chi connectivity index (χ1n) is 7.04. The zero-order valence-corrected chi connectivity index (χ0v) is 14.5. The van der Waals surface area contributed by atoms with Crippen LogP contribution in [0.5, 0.6) is 5.75 Å². The molecule has 0 amide bonds. The van der Waals surface area contributed by atoms with E-state index >= 15 is 0 Å². The van der Waals surface area contributed by atoms with E-state index in [1.807, 2.05) is 29.6 Å². The third kappa shape index (κ3) is 3.29. The Balaban J connectivity index is 2.27. The number of hydrogen-bond acceptors (Lipinski definition) is 4. The Hall–Kier alpha value is -0.320. The van der Waals surface area contributed by atoms with Gasteiger partial charge in [-0.1, -0.05) is 19.9 Å². The van der Waals surface area contributed by atoms with Crippen LogP contribution in [0.2, 0.25) is 0 Å². The van der Waals surface area contributed by atoms with Crippen molar-refractivity contribution in [2.24, 2.45) is 0 Å². The second-order valence-electron chi connectivity index (χ2n) is 5.56. The molecule has 1 aromatic carbocycles. The van der Waals surface area contributed by atoms with Gasteiger partial charge in [0.25, 0.3) is 0 Å². The molecule has 0 bridgehead atoms. The van der Waals surface area contributed by atoms with Crippen molar-refractivity contribution in [1.82, 2.24) is 0 Å². The van der Waals surface area contributed by atoms with Gasteiger partial charge in [-0.15, -0.1) is 0 Å². The normalized spacial score (nSPS) is 28.2. The van der Waals surface area contributed by atoms with Crippen LogP contribution < -0.4 is 4.74 Å². The number of aliphatic hydroxyl groups excluding tert-OH is 1. The summed E-state index contributed by atoms with van der Waals surface area (Å²) in [6.45, 7) is 8.63. The standard InChI is InChI=1S/C16H24O2S2/c1-9-6-10(2)15(13(7-9)18-5)16(17)14-8-19-11(3)12(4)20-14/h6-7,11-12,14,16-17H,8H2,1-5H3. The highest BCUT2D eigenvalue weighted by molar-refractivity contribution is 8.07. The van der Waals surface area contributed by atoms with E-state index in [0.717, 1.165) is 22.6 Å². The Morgan fingerprint density at radius 2 is 1.95 bits per heavy atom. The average molecular weight is 312 g/mol. The Kier molecular flexibility index (Phi) is 5.32. The number of thioether (sulfide) groups is 2. The number of benzene rings is 1. The molecule has 2 rings (SSSR count). The van der Waals surface area contributed by atoms with Gasteiger partial charge >= 0.3 is 0 Å². The summed E-state index contributed by atoms with van der Waals surface area (Å²) >= 11 is 3.86. The highest BCUT2D eigenvalue weighted by Crippen LogP contribution is 2.43. The topological polar surface area (TPSA) is 29.5 Å². The van der Waals surface area contributed by atoms with E-state index in [1.54, 1.807) is 7.11 Å². The maximum atomic E-state index is 10.8. The third-order valence-corrected chi connectivity index (χ3v) is 7.42. The number of methoxy groups -OCH3 is 1. The fourth-order valence-electron chi connectivity index (χ4n) is 2.65. The molecule has 20 heavy (non-hydrogen) atoms. The van der Waals surface area contributed by atoms with E-state index in [1.165, 1.54) is 5.56 Å². The van der Waals surface area contributed by atoms with Gasteiger partial charge in [-0.05, 0) is 31.0 Å². The summed E-state index contributed by atoms with van der Waals surface area (Å²) in [7, 11) is 1.68. The summed E-state index contributed by atoms with van der Waals surface area (Å²) in [6, 6.07) is 4.13. The van der Waals surface area contributed by atoms with Gasteiger partial charge in [0.1, 0.15) is 5.75 Å². The van der Waals surface area contributed by atoms with Gasteiger partial charge in [-0.25, -0.2) is 0 Å². The quantitative estimate of drug-likeness (QED) is 0.914. The first-order chi connectivity index (χ1) is 9.43. The maximum absolute atomic E-state index is 10.8. The van der Waals surface area contributed by atoms with Crippen LogP contribution in [0.15, 0.2) is 12.1 Å². The molecule has 0 aliphatic carbocycles. The van der Waals surface area contributed by atoms with E-state index < -0.39 is 6.10 Å². The minimum Gasteiger partial charge on any atom is -0.496 e. The molecule has 1 aliphatic heterocycles. The van der Waals surface area contributed by atoms with E-state index in [4.69, 9.17) is 4.74 Å². The smallest absolute Gasteiger partial charge is 0.125 e. The van der Waals surface area contributed by atoms with Gasteiger partial charge in [0, 0.05) is 27.1 Å². The molecule has 0 saturated carbocycles. The molecular formula is C16H24O2S2. The molecule has 0 aromatic heterocycles. The molecule has 1 aromatic rings. The molecule has 0 radical (unpaired) electrons. The van der Waals surface area contributed by atoms with Crippen LogP contribution >= 0.6 is 23.5 Å². The van der Waals surface area contributed by atoms with Crippen molar-refractivity contribution in [1.29, 1.82) is 0 Å². The summed E-state index contributed by atoms with van der Waals surface area (Å²) < 4.78 is 5.49. The van der Waals surface area contributed by atoms with Crippen LogP contribution in [0, 0.1) is 13.8 Å². The first-order valence-corrected chi connectivity index (χ1v) is 9.03. The fourth-order valence-corrected chi connectivity index (χ4v) is 5.63. The van der Waals surface area contributed by atoms with E-state index in [-0.39, 0.29) is 5.25 Å². The van der Waals surface area contributed by atoms with E-state index in [0.29, 0.717) is 10.5 Å². The number of aliphatic hydroxyl groups is 1. The average Bonchev–Trinajstić information content (AvgIpc) is 2.40. The van der Waals surface area contributed by atoms with Crippen molar-refractivity contribution in [3.05, 3.63) is 28.8 Å². The Morgan fingerprint density at radius 3 is 2.55 bits per heavy atom. The molecule has 1 saturated heterocycles. The van der Waals surface area contributed by atoms with Crippen LogP contribution in [0.25, 0.3) is 0 Å². The van der Waals surface area contributed by atoms with Gasteiger partial charge in [-0.2, -0.15) is 23.5 Å². The Labute approximate surface area is 130 Å². The zero-order valence-electron chi connectivity index (χ0n) is 12.8. The minimum atomic E-state index is -0.460. The van der Waals surface area contributed by atoms with Crippen LogP contribution in [0.3, 0.4) is 0 Å². The van der Waals surface area contributed by atoms with Crippen molar-refractivity contribution < 1.29 is 9.84 Å². The predicted molar refractivity (Wildman–Crippen MR) is 90.2 cm³/mol. The van der Waals surface area contributed by atoms with Crippen molar-refractivity contribution in [2.45, 2.75) is 49.5 Å². The van der Waals surface area contributed by atoms with Crippen LogP contribution in [-0.2, 0) is 0 Å². The molecule has 4 heteroatoms. The van der Waals surface area contributed by atoms with Crippen LogP contribution in [-0.4, -0.2) is 33.7 Å². The van der Waals surface area contributed by atoms with Crippen molar-refractivity contribution >= 4 is 23.5 Å². The second kappa shape index (κ2) is 6.63. The highest BCUT2D eigenvalue weighted by atomic mass is 32.2. The molecule has 112 valence electrons. The van der Waals surface area contributed by atoms with Gasteiger partial charge < -0.3 is 9.84 Å². The summed E-state index contributed by atoms with van der Waals surface area (Å²) in [5, 5.41) is 12.3. The lowest BCUT2D eigenvalue weighted by molar-refractivity contribution is 0.175. The molecule has 4 atom stereocenters. The van der Waals surface area contributed by atoms with E-state index in [2.05, 4.69) is 33.8 Å². The van der Waals surface area contributed by atoms with Gasteiger partial charge in [-0.3, -0.25) is 0 Å². The molecule has 0 spiro atoms. The monoisotopic (exact) mass is 312 g/mol. The lowest BCUT2D eigenvalue weighted by Gasteiger charge is -2.34. The van der Waals surface area contributed by atoms with Crippen molar-refractivity contribution in [3.63, 3.8) is 0 Å². The third-order valence-electron chi connectivity index (χ3n) is 3.93. The lowest BCUT2D eigenvalue weighted by atomic mass is 9.98. The predicted octanol–water partition coefficient (Wildman–Crippen LogP) is 3.97. The maximum Gasteiger partial charge on any atom is 0.125 e. The first kappa shape index (κ1) is 16.1. The van der Waals surface area contributed by atoms with Gasteiger partial charge in [0.2, 0.25) is 0 Å². The molecule has 2 nitrogen and oxygen atoms in total. The molecule has 1 heterocycles. The van der Waals surface area contributed by atoms with Gasteiger partial charge in [0.05, 0.1) is 13.2 Å². The summed E-state index contributed by atoms with van der Waals surface area (Å²) in [5.41, 5.74) is 3.24. The summed E-state index contributed by atoms with van der Waals surface area (Å²) in [5.74, 6) is 1.81. The van der Waals surface area contributed by atoms with Gasteiger partial charge in [0.15, 0.2) is 0 Å². The van der Waals surface area contributed by atoms with Crippen LogP contribution in [0.4, 0.5) is 0 Å². The summed E-state index contributed by atoms with van der Waals surface area (Å²) in [6.07, 6.45) is -0.460. The fraction of sp³-hybridized carbons (Fsp3) is 0.625. The Morgan fingerprint density at radius 1 is 1.25 bits per heavy atom. The van der Waals surface area contributed by atoms with E-state index in [9.17, 15) is 5.11 Å². The largest absolute Gasteiger partial charge is 0.496 e. The number of rotatable bonds is 3. The summed E-state index contributed by atoms with van der Waals surface area (Å²) in [4.78, 5) is 0. The molecule has 4 unspecified atom stereocenters. The number of ether oxygens (including phenoxy) is 1. The molecule has 1 fully saturated rings. The second-order valence-corrected chi connectivity index (χ2v) is 8.59. The van der Waals surface area contributed by atoms with Crippen molar-refractivity contribution in [3.8, 4) is 5.75 Å². The van der Waals surface area contributed by atoms with Crippen LogP contribution in [0.1, 0.15) is 36.6 Å². The SMILES string of the molecule is COc1cc(C)cc(C)c1C(O)C1CSC(C)C(C)S1. The minimum absolute atomic E-state index is 0.238. The number of hydrogen-bond donors (Lipinski definition) is 1. The molecular weight excluding hydrogens is 288 g/mol. The highest BCUT2D eigenvalue weighted by Gasteiger charge is 2.33. The Bertz CT molecular complexity index is 476.